The van der Waals surface area contributed by atoms with Crippen molar-refractivity contribution < 1.29 is 9.59 Å². The molecule has 5 nitrogen and oxygen atoms in total. The van der Waals surface area contributed by atoms with E-state index in [4.69, 9.17) is 0 Å². The van der Waals surface area contributed by atoms with Crippen LogP contribution in [0.25, 0.3) is 0 Å². The molecule has 0 aliphatic rings. The summed E-state index contributed by atoms with van der Waals surface area (Å²) in [7, 11) is 0. The van der Waals surface area contributed by atoms with Crippen LogP contribution in [0.3, 0.4) is 0 Å². The second-order valence-corrected chi connectivity index (χ2v) is 6.54. The van der Waals surface area contributed by atoms with E-state index in [1.807, 2.05) is 31.2 Å². The molecule has 0 aliphatic carbocycles. The zero-order valence-electron chi connectivity index (χ0n) is 15.0. The lowest BCUT2D eigenvalue weighted by Crippen LogP contribution is -2.27. The summed E-state index contributed by atoms with van der Waals surface area (Å²) in [5.74, 6) is 0.0508. The minimum Gasteiger partial charge on any atom is -0.352 e. The Kier molecular flexibility index (Phi) is 6.69. The molecule has 1 heterocycles. The molecule has 0 saturated carbocycles. The Balaban J connectivity index is 1.95. The van der Waals surface area contributed by atoms with Gasteiger partial charge in [0, 0.05) is 24.8 Å². The van der Waals surface area contributed by atoms with Crippen molar-refractivity contribution >= 4 is 11.8 Å². The van der Waals surface area contributed by atoms with Gasteiger partial charge in [-0.2, -0.15) is 0 Å². The first kappa shape index (κ1) is 18.6. The van der Waals surface area contributed by atoms with Crippen molar-refractivity contribution in [3.05, 3.63) is 65.0 Å². The average Bonchev–Trinajstić information content (AvgIpc) is 2.59. The number of nitrogens with zero attached hydrogens (tertiary/aromatic N) is 1. The number of carbonyl (C=O) groups is 2. The van der Waals surface area contributed by atoms with Crippen LogP contribution in [0.2, 0.25) is 0 Å². The van der Waals surface area contributed by atoms with Gasteiger partial charge in [-0.3, -0.25) is 14.6 Å². The molecule has 1 aromatic heterocycles. The molecule has 25 heavy (non-hydrogen) atoms. The monoisotopic (exact) mass is 339 g/mol. The summed E-state index contributed by atoms with van der Waals surface area (Å²) in [6, 6.07) is 11.1. The molecule has 132 valence electrons. The third-order valence-electron chi connectivity index (χ3n) is 3.80. The summed E-state index contributed by atoms with van der Waals surface area (Å²) in [5.41, 5.74) is 2.85. The smallest absolute Gasteiger partial charge is 0.270 e. The van der Waals surface area contributed by atoms with Crippen LogP contribution in [0, 0.1) is 12.8 Å². The summed E-state index contributed by atoms with van der Waals surface area (Å²) in [6.07, 6.45) is 2.40. The number of aromatic nitrogens is 1. The van der Waals surface area contributed by atoms with E-state index in [1.165, 1.54) is 12.3 Å². The molecule has 0 aliphatic heterocycles. The van der Waals surface area contributed by atoms with Crippen LogP contribution in [-0.2, 0) is 6.54 Å². The van der Waals surface area contributed by atoms with E-state index < -0.39 is 0 Å². The van der Waals surface area contributed by atoms with Gasteiger partial charge >= 0.3 is 0 Å². The number of hydrogen-bond donors (Lipinski definition) is 2. The molecule has 0 unspecified atom stereocenters. The Bertz CT molecular complexity index is 741. The lowest BCUT2D eigenvalue weighted by molar-refractivity contribution is 0.0946. The molecule has 1 aromatic carbocycles. The van der Waals surface area contributed by atoms with E-state index in [2.05, 4.69) is 29.5 Å². The minimum atomic E-state index is -0.293. The third kappa shape index (κ3) is 6.03. The zero-order chi connectivity index (χ0) is 18.2. The van der Waals surface area contributed by atoms with Crippen LogP contribution in [0.4, 0.5) is 0 Å². The molecule has 0 atom stereocenters. The molecule has 2 aromatic rings. The maximum Gasteiger partial charge on any atom is 0.270 e. The molecule has 0 fully saturated rings. The first-order chi connectivity index (χ1) is 12.0. The van der Waals surface area contributed by atoms with E-state index in [-0.39, 0.29) is 17.5 Å². The Morgan fingerprint density at radius 3 is 2.60 bits per heavy atom. The van der Waals surface area contributed by atoms with E-state index >= 15 is 0 Å². The first-order valence-electron chi connectivity index (χ1n) is 8.53. The Morgan fingerprint density at radius 2 is 1.88 bits per heavy atom. The first-order valence-corrected chi connectivity index (χ1v) is 8.53. The number of carbonyl (C=O) groups excluding carboxylic acids is 2. The molecule has 5 heteroatoms. The molecule has 0 bridgehead atoms. The third-order valence-corrected chi connectivity index (χ3v) is 3.80. The fraction of sp³-hybridized carbons (Fsp3) is 0.350. The zero-order valence-corrected chi connectivity index (χ0v) is 15.0. The second-order valence-electron chi connectivity index (χ2n) is 6.54. The van der Waals surface area contributed by atoms with Crippen molar-refractivity contribution in [1.29, 1.82) is 0 Å². The van der Waals surface area contributed by atoms with Gasteiger partial charge in [-0.15, -0.1) is 0 Å². The Hall–Kier alpha value is -2.69. The van der Waals surface area contributed by atoms with Crippen LogP contribution < -0.4 is 10.6 Å². The molecule has 2 N–H and O–H groups in total. The molecule has 0 radical (unpaired) electrons. The molecule has 0 spiro atoms. The fourth-order valence-corrected chi connectivity index (χ4v) is 2.37. The second kappa shape index (κ2) is 8.97. The van der Waals surface area contributed by atoms with E-state index in [0.29, 0.717) is 24.6 Å². The summed E-state index contributed by atoms with van der Waals surface area (Å²) in [5, 5.41) is 5.70. The highest BCUT2D eigenvalue weighted by molar-refractivity contribution is 5.98. The maximum atomic E-state index is 12.3. The van der Waals surface area contributed by atoms with Crippen molar-refractivity contribution in [3.8, 4) is 0 Å². The number of benzene rings is 1. The SMILES string of the molecule is Cc1cccc(CNC(=O)c2cc(C(=O)NCCC(C)C)ccn2)c1. The predicted octanol–water partition coefficient (Wildman–Crippen LogP) is 3.10. The average molecular weight is 339 g/mol. The Labute approximate surface area is 148 Å². The van der Waals surface area contributed by atoms with Gasteiger partial charge in [0.1, 0.15) is 5.69 Å². The van der Waals surface area contributed by atoms with Gasteiger partial charge in [0.2, 0.25) is 0 Å². The summed E-state index contributed by atoms with van der Waals surface area (Å²) >= 11 is 0. The van der Waals surface area contributed by atoms with E-state index in [1.54, 1.807) is 6.07 Å². The number of hydrogen-bond acceptors (Lipinski definition) is 3. The van der Waals surface area contributed by atoms with Crippen molar-refractivity contribution in [2.45, 2.75) is 33.7 Å². The summed E-state index contributed by atoms with van der Waals surface area (Å²) < 4.78 is 0. The summed E-state index contributed by atoms with van der Waals surface area (Å²) in [4.78, 5) is 28.5. The van der Waals surface area contributed by atoms with Crippen molar-refractivity contribution in [3.63, 3.8) is 0 Å². The lowest BCUT2D eigenvalue weighted by Gasteiger charge is -2.09. The largest absolute Gasteiger partial charge is 0.352 e. The highest BCUT2D eigenvalue weighted by atomic mass is 16.2. The van der Waals surface area contributed by atoms with Gasteiger partial charge < -0.3 is 10.6 Å². The fourth-order valence-electron chi connectivity index (χ4n) is 2.37. The van der Waals surface area contributed by atoms with E-state index in [0.717, 1.165) is 17.5 Å². The van der Waals surface area contributed by atoms with Gasteiger partial charge in [0.25, 0.3) is 11.8 Å². The van der Waals surface area contributed by atoms with Crippen LogP contribution in [-0.4, -0.2) is 23.3 Å². The lowest BCUT2D eigenvalue weighted by atomic mass is 10.1. The predicted molar refractivity (Wildman–Crippen MR) is 98.4 cm³/mol. The standard InChI is InChI=1S/C20H25N3O2/c1-14(2)7-9-22-19(24)17-8-10-21-18(12-17)20(25)23-13-16-6-4-5-15(3)11-16/h4-6,8,10-12,14H,7,9,13H2,1-3H3,(H,22,24)(H,23,25). The number of aryl methyl sites for hydroxylation is 1. The van der Waals surface area contributed by atoms with Crippen LogP contribution in [0.15, 0.2) is 42.6 Å². The van der Waals surface area contributed by atoms with E-state index in [9.17, 15) is 9.59 Å². The number of rotatable bonds is 7. The van der Waals surface area contributed by atoms with Crippen LogP contribution in [0.1, 0.15) is 52.2 Å². The van der Waals surface area contributed by atoms with Crippen LogP contribution >= 0.6 is 0 Å². The highest BCUT2D eigenvalue weighted by Gasteiger charge is 2.11. The molecule has 2 rings (SSSR count). The molecule has 2 amide bonds. The van der Waals surface area contributed by atoms with Gasteiger partial charge in [0.05, 0.1) is 0 Å². The number of nitrogens with one attached hydrogen (secondary N) is 2. The normalized spacial score (nSPS) is 10.6. The summed E-state index contributed by atoms with van der Waals surface area (Å²) in [6.45, 7) is 7.26. The number of pyridine rings is 1. The van der Waals surface area contributed by atoms with Gasteiger partial charge in [-0.25, -0.2) is 0 Å². The highest BCUT2D eigenvalue weighted by Crippen LogP contribution is 2.06. The van der Waals surface area contributed by atoms with Crippen molar-refractivity contribution in [2.24, 2.45) is 5.92 Å². The minimum absolute atomic E-state index is 0.184. The van der Waals surface area contributed by atoms with Gasteiger partial charge in [-0.05, 0) is 37.0 Å². The van der Waals surface area contributed by atoms with Gasteiger partial charge in [-0.1, -0.05) is 43.7 Å². The Morgan fingerprint density at radius 1 is 1.08 bits per heavy atom. The quantitative estimate of drug-likeness (QED) is 0.814. The maximum absolute atomic E-state index is 12.3. The molecular weight excluding hydrogens is 314 g/mol. The topological polar surface area (TPSA) is 71.1 Å². The van der Waals surface area contributed by atoms with Crippen molar-refractivity contribution in [1.82, 2.24) is 15.6 Å². The van der Waals surface area contributed by atoms with Crippen LogP contribution in [0.5, 0.6) is 0 Å². The van der Waals surface area contributed by atoms with Gasteiger partial charge in [0.15, 0.2) is 0 Å². The molecule has 0 saturated heterocycles. The molecular formula is C20H25N3O2. The van der Waals surface area contributed by atoms with Crippen molar-refractivity contribution in [2.75, 3.05) is 6.54 Å². The number of amides is 2.